The number of carbonyl (C=O) groups excluding carboxylic acids is 5. The van der Waals surface area contributed by atoms with Gasteiger partial charge in [-0.15, -0.1) is 11.8 Å². The van der Waals surface area contributed by atoms with Gasteiger partial charge in [-0.3, -0.25) is 19.2 Å². The fourth-order valence-corrected chi connectivity index (χ4v) is 5.02. The molecule has 14 heteroatoms. The van der Waals surface area contributed by atoms with Crippen molar-refractivity contribution in [1.82, 2.24) is 20.9 Å². The van der Waals surface area contributed by atoms with Crippen molar-refractivity contribution in [1.29, 1.82) is 0 Å². The Kier molecular flexibility index (Phi) is 10.3. The minimum Gasteiger partial charge on any atom is -0.459 e. The number of rotatable bonds is 12. The lowest BCUT2D eigenvalue weighted by atomic mass is 10.1. The highest BCUT2D eigenvalue weighted by atomic mass is 32.2. The van der Waals surface area contributed by atoms with Crippen molar-refractivity contribution in [2.45, 2.75) is 42.3 Å². The first-order valence-electron chi connectivity index (χ1n) is 13.2. The zero-order chi connectivity index (χ0) is 30.1. The standard InChI is InChI=1S/C28H32N6O7S/c1-42-19-7-2-6-17(14-19)31-28(39)32-18-15-21(34(16-18)27(38)23-10-5-13-41-23)25(36)33-20(24(29)35)8-3-11-30-26(37)22-9-4-12-40-22/h2,4-7,9-10,12-14,18,20-21H,3,8,11,15-16H2,1H3,(H2,29,35)(H,30,37)(H,33,36)(H2,31,32,39). The molecule has 0 spiro atoms. The monoisotopic (exact) mass is 596 g/mol. The van der Waals surface area contributed by atoms with Gasteiger partial charge in [0, 0.05) is 23.7 Å². The first-order valence-corrected chi connectivity index (χ1v) is 14.4. The summed E-state index contributed by atoms with van der Waals surface area (Å²) in [5.74, 6) is -2.11. The SMILES string of the molecule is CSc1cccc(NC(=O)NC2CC(C(=O)NC(CCCNC(=O)c3ccco3)C(N)=O)N(C(=O)c3ccco3)C2)c1. The molecule has 42 heavy (non-hydrogen) atoms. The van der Waals surface area contributed by atoms with Crippen molar-refractivity contribution in [3.8, 4) is 0 Å². The molecule has 1 aromatic carbocycles. The van der Waals surface area contributed by atoms with Crippen LogP contribution < -0.4 is 27.0 Å². The van der Waals surface area contributed by atoms with Crippen molar-refractivity contribution in [2.75, 3.05) is 24.7 Å². The van der Waals surface area contributed by atoms with Gasteiger partial charge in [-0.1, -0.05) is 6.07 Å². The van der Waals surface area contributed by atoms with Gasteiger partial charge in [0.25, 0.3) is 11.8 Å². The number of amides is 6. The highest BCUT2D eigenvalue weighted by Gasteiger charge is 2.42. The molecule has 1 fully saturated rings. The summed E-state index contributed by atoms with van der Waals surface area (Å²) in [4.78, 5) is 65.7. The van der Waals surface area contributed by atoms with Crippen molar-refractivity contribution in [3.63, 3.8) is 0 Å². The molecular formula is C28H32N6O7S. The highest BCUT2D eigenvalue weighted by molar-refractivity contribution is 7.98. The van der Waals surface area contributed by atoms with Crippen molar-refractivity contribution < 1.29 is 32.8 Å². The van der Waals surface area contributed by atoms with Gasteiger partial charge in [-0.05, 0) is 68.0 Å². The zero-order valence-corrected chi connectivity index (χ0v) is 23.6. The van der Waals surface area contributed by atoms with E-state index in [0.717, 1.165) is 4.90 Å². The van der Waals surface area contributed by atoms with Crippen LogP contribution in [0.1, 0.15) is 40.4 Å². The molecule has 3 unspecified atom stereocenters. The number of nitrogens with one attached hydrogen (secondary N) is 4. The molecule has 0 bridgehead atoms. The van der Waals surface area contributed by atoms with Crippen molar-refractivity contribution in [2.24, 2.45) is 5.73 Å². The van der Waals surface area contributed by atoms with E-state index in [2.05, 4.69) is 21.3 Å². The number of carbonyl (C=O) groups is 5. The second-order valence-corrected chi connectivity index (χ2v) is 10.4. The Bertz CT molecular complexity index is 1400. The molecule has 1 aliphatic heterocycles. The molecular weight excluding hydrogens is 564 g/mol. The van der Waals surface area contributed by atoms with Crippen LogP contribution in [0.15, 0.2) is 74.8 Å². The van der Waals surface area contributed by atoms with Crippen LogP contribution in [-0.4, -0.2) is 72.0 Å². The molecule has 3 atom stereocenters. The summed E-state index contributed by atoms with van der Waals surface area (Å²) in [5, 5.41) is 10.9. The molecule has 3 aromatic rings. The van der Waals surface area contributed by atoms with Crippen LogP contribution in [0, 0.1) is 0 Å². The number of urea groups is 1. The molecule has 13 nitrogen and oxygen atoms in total. The summed E-state index contributed by atoms with van der Waals surface area (Å²) in [6.07, 6.45) is 5.24. The van der Waals surface area contributed by atoms with Crippen LogP contribution in [0.2, 0.25) is 0 Å². The molecule has 0 aliphatic carbocycles. The fraction of sp³-hybridized carbons (Fsp3) is 0.321. The molecule has 1 aliphatic rings. The summed E-state index contributed by atoms with van der Waals surface area (Å²) >= 11 is 1.54. The number of hydrogen-bond donors (Lipinski definition) is 5. The van der Waals surface area contributed by atoms with E-state index >= 15 is 0 Å². The van der Waals surface area contributed by atoms with Gasteiger partial charge in [0.2, 0.25) is 11.8 Å². The van der Waals surface area contributed by atoms with E-state index in [-0.39, 0.29) is 37.5 Å². The summed E-state index contributed by atoms with van der Waals surface area (Å²) in [7, 11) is 0. The molecule has 4 rings (SSSR count). The number of hydrogen-bond acceptors (Lipinski definition) is 8. The van der Waals surface area contributed by atoms with Gasteiger partial charge in [-0.25, -0.2) is 4.79 Å². The maximum absolute atomic E-state index is 13.4. The fourth-order valence-electron chi connectivity index (χ4n) is 4.57. The maximum Gasteiger partial charge on any atom is 0.319 e. The van der Waals surface area contributed by atoms with Gasteiger partial charge < -0.3 is 40.7 Å². The molecule has 0 radical (unpaired) electrons. The second kappa shape index (κ2) is 14.3. The Morgan fingerprint density at radius 3 is 2.45 bits per heavy atom. The van der Waals surface area contributed by atoms with Crippen LogP contribution in [-0.2, 0) is 9.59 Å². The Morgan fingerprint density at radius 1 is 1.05 bits per heavy atom. The van der Waals surface area contributed by atoms with Crippen LogP contribution in [0.25, 0.3) is 0 Å². The topological polar surface area (TPSA) is 189 Å². The predicted molar refractivity (Wildman–Crippen MR) is 154 cm³/mol. The second-order valence-electron chi connectivity index (χ2n) is 9.55. The van der Waals surface area contributed by atoms with Crippen LogP contribution in [0.4, 0.5) is 10.5 Å². The van der Waals surface area contributed by atoms with E-state index < -0.39 is 47.8 Å². The minimum absolute atomic E-state index is 0.0329. The molecule has 6 N–H and O–H groups in total. The predicted octanol–water partition coefficient (Wildman–Crippen LogP) is 2.18. The average Bonchev–Trinajstić information content (AvgIpc) is 3.76. The van der Waals surface area contributed by atoms with Gasteiger partial charge in [-0.2, -0.15) is 0 Å². The molecule has 2 aromatic heterocycles. The number of nitrogens with zero attached hydrogens (tertiary/aromatic N) is 1. The molecule has 3 heterocycles. The number of thioether (sulfide) groups is 1. The van der Waals surface area contributed by atoms with Crippen molar-refractivity contribution in [3.05, 3.63) is 72.6 Å². The van der Waals surface area contributed by atoms with Crippen LogP contribution >= 0.6 is 11.8 Å². The first kappa shape index (κ1) is 30.2. The normalized spacial score (nSPS) is 16.8. The van der Waals surface area contributed by atoms with E-state index in [1.807, 2.05) is 24.5 Å². The summed E-state index contributed by atoms with van der Waals surface area (Å²) < 4.78 is 10.3. The largest absolute Gasteiger partial charge is 0.459 e. The maximum atomic E-state index is 13.4. The third-order valence-electron chi connectivity index (χ3n) is 6.62. The zero-order valence-electron chi connectivity index (χ0n) is 22.8. The Morgan fingerprint density at radius 2 is 1.79 bits per heavy atom. The molecule has 0 saturated carbocycles. The Hall–Kier alpha value is -4.72. The summed E-state index contributed by atoms with van der Waals surface area (Å²) in [6, 6.07) is 10.4. The lowest BCUT2D eigenvalue weighted by molar-refractivity contribution is -0.129. The van der Waals surface area contributed by atoms with E-state index in [1.165, 1.54) is 41.3 Å². The smallest absolute Gasteiger partial charge is 0.319 e. The number of anilines is 1. The number of furan rings is 2. The lowest BCUT2D eigenvalue weighted by Crippen LogP contribution is -2.52. The highest BCUT2D eigenvalue weighted by Crippen LogP contribution is 2.23. The lowest BCUT2D eigenvalue weighted by Gasteiger charge is -2.25. The van der Waals surface area contributed by atoms with E-state index in [0.29, 0.717) is 12.1 Å². The summed E-state index contributed by atoms with van der Waals surface area (Å²) in [6.45, 7) is 0.253. The van der Waals surface area contributed by atoms with E-state index in [1.54, 1.807) is 18.2 Å². The summed E-state index contributed by atoms with van der Waals surface area (Å²) in [5.41, 5.74) is 6.14. The minimum atomic E-state index is -1.04. The molecule has 1 saturated heterocycles. The van der Waals surface area contributed by atoms with E-state index in [4.69, 9.17) is 14.6 Å². The van der Waals surface area contributed by atoms with Gasteiger partial charge in [0.05, 0.1) is 18.6 Å². The molecule has 222 valence electrons. The van der Waals surface area contributed by atoms with Crippen LogP contribution in [0.3, 0.4) is 0 Å². The van der Waals surface area contributed by atoms with Crippen LogP contribution in [0.5, 0.6) is 0 Å². The number of primary amides is 1. The Balaban J connectivity index is 1.37. The van der Waals surface area contributed by atoms with Crippen molar-refractivity contribution >= 4 is 47.1 Å². The molecule has 6 amide bonds. The van der Waals surface area contributed by atoms with Gasteiger partial charge in [0.15, 0.2) is 11.5 Å². The first-order chi connectivity index (χ1) is 20.2. The number of benzene rings is 1. The third kappa shape index (κ3) is 7.94. The Labute approximate surface area is 245 Å². The van der Waals surface area contributed by atoms with Gasteiger partial charge in [0.1, 0.15) is 12.1 Å². The van der Waals surface area contributed by atoms with E-state index in [9.17, 15) is 24.0 Å². The quantitative estimate of drug-likeness (QED) is 0.155. The third-order valence-corrected chi connectivity index (χ3v) is 7.34. The number of likely N-dealkylation sites (tertiary alicyclic amines) is 1. The number of nitrogens with two attached hydrogens (primary N) is 1. The average molecular weight is 597 g/mol. The van der Waals surface area contributed by atoms with Gasteiger partial charge >= 0.3 is 6.03 Å².